The highest BCUT2D eigenvalue weighted by Gasteiger charge is 2.25. The van der Waals surface area contributed by atoms with E-state index >= 15 is 0 Å². The highest BCUT2D eigenvalue weighted by Crippen LogP contribution is 2.19. The smallest absolute Gasteiger partial charge is 0.269 e. The molecule has 0 aromatic carbocycles. The molecule has 0 bridgehead atoms. The van der Waals surface area contributed by atoms with Crippen molar-refractivity contribution in [1.29, 1.82) is 0 Å². The fourth-order valence-electron chi connectivity index (χ4n) is 3.58. The number of aromatic nitrogens is 2. The van der Waals surface area contributed by atoms with Gasteiger partial charge in [0.25, 0.3) is 5.56 Å². The van der Waals surface area contributed by atoms with Crippen LogP contribution in [0.2, 0.25) is 0 Å². The number of nitrogens with zero attached hydrogens (tertiary/aromatic N) is 3. The molecule has 2 heterocycles. The molecule has 1 unspecified atom stereocenters. The molecule has 1 atom stereocenters. The highest BCUT2D eigenvalue weighted by molar-refractivity contribution is 5.80. The minimum atomic E-state index is -0.532. The van der Waals surface area contributed by atoms with Crippen LogP contribution >= 0.6 is 0 Å². The first-order chi connectivity index (χ1) is 11.7. The Labute approximate surface area is 142 Å². The molecule has 0 radical (unpaired) electrons. The monoisotopic (exact) mass is 333 g/mol. The van der Waals surface area contributed by atoms with E-state index in [-0.39, 0.29) is 17.5 Å². The van der Waals surface area contributed by atoms with E-state index in [0.717, 1.165) is 44.7 Å². The molecule has 1 aromatic heterocycles. The third-order valence-electron chi connectivity index (χ3n) is 4.98. The Morgan fingerprint density at radius 2 is 2.08 bits per heavy atom. The molecule has 1 amide bonds. The van der Waals surface area contributed by atoms with Gasteiger partial charge in [-0.25, -0.2) is 4.68 Å². The van der Waals surface area contributed by atoms with Crippen LogP contribution in [0.3, 0.4) is 0 Å². The van der Waals surface area contributed by atoms with Gasteiger partial charge in [0.15, 0.2) is 0 Å². The number of anilines is 1. The van der Waals surface area contributed by atoms with Crippen LogP contribution in [0.1, 0.15) is 45.1 Å². The van der Waals surface area contributed by atoms with Crippen LogP contribution in [-0.2, 0) is 4.79 Å². The van der Waals surface area contributed by atoms with Gasteiger partial charge in [0.05, 0.1) is 11.9 Å². The second-order valence-corrected chi connectivity index (χ2v) is 6.65. The number of hydrogen-bond donors (Lipinski definition) is 2. The lowest BCUT2D eigenvalue weighted by atomic mass is 10.1. The van der Waals surface area contributed by atoms with Gasteiger partial charge in [-0.2, -0.15) is 5.10 Å². The maximum atomic E-state index is 12.5. The summed E-state index contributed by atoms with van der Waals surface area (Å²) in [4.78, 5) is 27.2. The van der Waals surface area contributed by atoms with Crippen LogP contribution < -0.4 is 21.1 Å². The second-order valence-electron chi connectivity index (χ2n) is 6.65. The van der Waals surface area contributed by atoms with Crippen molar-refractivity contribution >= 4 is 11.6 Å². The van der Waals surface area contributed by atoms with Crippen molar-refractivity contribution in [3.63, 3.8) is 0 Å². The average molecular weight is 333 g/mol. The van der Waals surface area contributed by atoms with Gasteiger partial charge in [0.1, 0.15) is 6.04 Å². The lowest BCUT2D eigenvalue weighted by Crippen LogP contribution is -2.45. The molecular weight excluding hydrogens is 306 g/mol. The average Bonchev–Trinajstić information content (AvgIpc) is 3.10. The number of nitrogens with one attached hydrogen (secondary N) is 2. The molecule has 1 aromatic rings. The summed E-state index contributed by atoms with van der Waals surface area (Å²) in [6, 6.07) is 1.32. The Morgan fingerprint density at radius 3 is 2.71 bits per heavy atom. The van der Waals surface area contributed by atoms with Crippen molar-refractivity contribution in [1.82, 2.24) is 20.4 Å². The maximum absolute atomic E-state index is 12.5. The van der Waals surface area contributed by atoms with Gasteiger partial charge < -0.3 is 15.5 Å². The van der Waals surface area contributed by atoms with Gasteiger partial charge in [-0.3, -0.25) is 9.59 Å². The summed E-state index contributed by atoms with van der Waals surface area (Å²) in [5.41, 5.74) is 0.628. The molecule has 0 spiro atoms. The summed E-state index contributed by atoms with van der Waals surface area (Å²) in [7, 11) is 0. The van der Waals surface area contributed by atoms with E-state index in [0.29, 0.717) is 6.42 Å². The number of hydrogen-bond acceptors (Lipinski definition) is 5. The van der Waals surface area contributed by atoms with E-state index in [1.165, 1.54) is 17.5 Å². The summed E-state index contributed by atoms with van der Waals surface area (Å²) in [5.74, 6) is -0.0890. The van der Waals surface area contributed by atoms with Crippen molar-refractivity contribution in [2.45, 2.75) is 51.1 Å². The standard InChI is InChI=1S/C17H27N5O2/c1-2-15(17(24)20-13-5-3-4-6-13)22-16(23)11-14(12-19-22)21-9-7-18-8-10-21/h11-13,15,18H,2-10H2,1H3,(H,20,24). The van der Waals surface area contributed by atoms with E-state index in [4.69, 9.17) is 0 Å². The molecule has 1 aliphatic heterocycles. The molecule has 7 nitrogen and oxygen atoms in total. The van der Waals surface area contributed by atoms with E-state index in [2.05, 4.69) is 20.6 Å². The number of piperazine rings is 1. The van der Waals surface area contributed by atoms with Crippen molar-refractivity contribution < 1.29 is 4.79 Å². The Morgan fingerprint density at radius 1 is 1.38 bits per heavy atom. The third-order valence-corrected chi connectivity index (χ3v) is 4.98. The quantitative estimate of drug-likeness (QED) is 0.828. The number of carbonyl (C=O) groups is 1. The lowest BCUT2D eigenvalue weighted by Gasteiger charge is -2.29. The fraction of sp³-hybridized carbons (Fsp3) is 0.706. The number of rotatable bonds is 5. The second kappa shape index (κ2) is 7.79. The molecule has 3 rings (SSSR count). The van der Waals surface area contributed by atoms with E-state index in [9.17, 15) is 9.59 Å². The van der Waals surface area contributed by atoms with Gasteiger partial charge in [0.2, 0.25) is 5.91 Å². The molecule has 132 valence electrons. The molecule has 2 N–H and O–H groups in total. The fourth-order valence-corrected chi connectivity index (χ4v) is 3.58. The maximum Gasteiger partial charge on any atom is 0.269 e. The van der Waals surface area contributed by atoms with E-state index < -0.39 is 6.04 Å². The van der Waals surface area contributed by atoms with E-state index in [1.807, 2.05) is 6.92 Å². The molecule has 2 aliphatic rings. The molecule has 24 heavy (non-hydrogen) atoms. The first-order valence-electron chi connectivity index (χ1n) is 9.04. The Kier molecular flexibility index (Phi) is 5.50. The van der Waals surface area contributed by atoms with Gasteiger partial charge in [-0.05, 0) is 19.3 Å². The Hall–Kier alpha value is -1.89. The van der Waals surface area contributed by atoms with Gasteiger partial charge in [-0.15, -0.1) is 0 Å². The zero-order chi connectivity index (χ0) is 16.9. The summed E-state index contributed by atoms with van der Waals surface area (Å²) >= 11 is 0. The normalized spacial score (nSPS) is 20.1. The highest BCUT2D eigenvalue weighted by atomic mass is 16.2. The van der Waals surface area contributed by atoms with Crippen molar-refractivity contribution in [3.8, 4) is 0 Å². The van der Waals surface area contributed by atoms with Crippen LogP contribution in [-0.4, -0.2) is 47.9 Å². The predicted molar refractivity (Wildman–Crippen MR) is 93.3 cm³/mol. The van der Waals surface area contributed by atoms with Crippen molar-refractivity contribution in [2.24, 2.45) is 0 Å². The number of carbonyl (C=O) groups excluding carboxylic acids is 1. The SMILES string of the molecule is CCC(C(=O)NC1CCCC1)n1ncc(N2CCNCC2)cc1=O. The van der Waals surface area contributed by atoms with Crippen LogP contribution in [0.25, 0.3) is 0 Å². The summed E-state index contributed by atoms with van der Waals surface area (Å²) < 4.78 is 1.33. The summed E-state index contributed by atoms with van der Waals surface area (Å²) in [6.45, 7) is 5.46. The Balaban J connectivity index is 1.73. The molecule has 1 aliphatic carbocycles. The largest absolute Gasteiger partial charge is 0.368 e. The van der Waals surface area contributed by atoms with Crippen LogP contribution in [0.5, 0.6) is 0 Å². The summed E-state index contributed by atoms with van der Waals surface area (Å²) in [5, 5.41) is 10.7. The minimum absolute atomic E-state index is 0.0890. The predicted octanol–water partition coefficient (Wildman–Crippen LogP) is 0.663. The molecule has 2 fully saturated rings. The molecule has 1 saturated carbocycles. The topological polar surface area (TPSA) is 79.3 Å². The molecule has 7 heteroatoms. The van der Waals surface area contributed by atoms with Crippen molar-refractivity contribution in [2.75, 3.05) is 31.1 Å². The van der Waals surface area contributed by atoms with Crippen LogP contribution in [0.15, 0.2) is 17.1 Å². The zero-order valence-corrected chi connectivity index (χ0v) is 14.3. The minimum Gasteiger partial charge on any atom is -0.368 e. The molecule has 1 saturated heterocycles. The Bertz CT molecular complexity index is 618. The first kappa shape index (κ1) is 17.0. The first-order valence-corrected chi connectivity index (χ1v) is 9.04. The van der Waals surface area contributed by atoms with Crippen LogP contribution in [0.4, 0.5) is 5.69 Å². The third kappa shape index (κ3) is 3.77. The van der Waals surface area contributed by atoms with Gasteiger partial charge in [0, 0.05) is 38.3 Å². The zero-order valence-electron chi connectivity index (χ0n) is 14.3. The summed E-state index contributed by atoms with van der Waals surface area (Å²) in [6.07, 6.45) is 6.66. The van der Waals surface area contributed by atoms with E-state index in [1.54, 1.807) is 12.3 Å². The lowest BCUT2D eigenvalue weighted by molar-refractivity contribution is -0.125. The van der Waals surface area contributed by atoms with Gasteiger partial charge in [-0.1, -0.05) is 19.8 Å². The van der Waals surface area contributed by atoms with Crippen molar-refractivity contribution in [3.05, 3.63) is 22.6 Å². The van der Waals surface area contributed by atoms with Gasteiger partial charge >= 0.3 is 0 Å². The number of amides is 1. The molecular formula is C17H27N5O2. The van der Waals surface area contributed by atoms with Crippen LogP contribution in [0, 0.1) is 0 Å².